The van der Waals surface area contributed by atoms with Gasteiger partial charge in [0.2, 0.25) is 0 Å². The van der Waals surface area contributed by atoms with E-state index in [4.69, 9.17) is 5.73 Å². The lowest BCUT2D eigenvalue weighted by molar-refractivity contribution is 0.725. The quantitative estimate of drug-likeness (QED) is 0.692. The van der Waals surface area contributed by atoms with Gasteiger partial charge in [0, 0.05) is 15.2 Å². The zero-order chi connectivity index (χ0) is 14.1. The van der Waals surface area contributed by atoms with Crippen molar-refractivity contribution >= 4 is 37.4 Å². The third-order valence-electron chi connectivity index (χ3n) is 3.49. The van der Waals surface area contributed by atoms with Gasteiger partial charge >= 0.3 is 0 Å². The molecule has 2 aromatic carbocycles. The molecule has 3 heteroatoms. The second kappa shape index (κ2) is 5.68. The normalized spacial score (nSPS) is 12.8. The molecule has 0 spiro atoms. The Hall–Kier alpha value is -1.16. The van der Waals surface area contributed by atoms with Gasteiger partial charge in [0.25, 0.3) is 0 Å². The minimum absolute atomic E-state index is 0.0317. The lowest BCUT2D eigenvalue weighted by atomic mass is 9.98. The number of fused-ring (bicyclic) bond motifs is 1. The molecule has 0 saturated carbocycles. The second-order valence-electron chi connectivity index (χ2n) is 5.13. The topological polar surface area (TPSA) is 26.0 Å². The van der Waals surface area contributed by atoms with Crippen molar-refractivity contribution < 1.29 is 0 Å². The highest BCUT2D eigenvalue weighted by Crippen LogP contribution is 2.29. The van der Waals surface area contributed by atoms with Gasteiger partial charge in [0.05, 0.1) is 0 Å². The van der Waals surface area contributed by atoms with E-state index >= 15 is 0 Å². The fraction of sp³-hybridized carbons (Fsp3) is 0.176. The summed E-state index contributed by atoms with van der Waals surface area (Å²) in [4.78, 5) is 0. The number of benzene rings is 2. The Kier molecular flexibility index (Phi) is 3.92. The maximum Gasteiger partial charge on any atom is 0.0345 e. The molecule has 1 heterocycles. The van der Waals surface area contributed by atoms with Gasteiger partial charge in [-0.05, 0) is 59.0 Å². The third-order valence-corrected chi connectivity index (χ3v) is 4.96. The van der Waals surface area contributed by atoms with Crippen LogP contribution < -0.4 is 5.73 Å². The van der Waals surface area contributed by atoms with Gasteiger partial charge in [-0.2, -0.15) is 0 Å². The monoisotopic (exact) mass is 345 g/mol. The average Bonchev–Trinajstić information content (AvgIpc) is 2.81. The van der Waals surface area contributed by atoms with Crippen LogP contribution in [0.25, 0.3) is 10.1 Å². The zero-order valence-electron chi connectivity index (χ0n) is 11.3. The molecule has 0 bridgehead atoms. The van der Waals surface area contributed by atoms with Crippen LogP contribution in [0.5, 0.6) is 0 Å². The molecule has 1 aromatic heterocycles. The Labute approximate surface area is 131 Å². The molecule has 0 aliphatic heterocycles. The lowest BCUT2D eigenvalue weighted by Gasteiger charge is -2.13. The summed E-state index contributed by atoms with van der Waals surface area (Å²) in [5.41, 5.74) is 10.2. The molecule has 3 aromatic rings. The maximum atomic E-state index is 6.40. The fourth-order valence-corrected chi connectivity index (χ4v) is 4.13. The Morgan fingerprint density at radius 2 is 2.00 bits per heavy atom. The highest BCUT2D eigenvalue weighted by Gasteiger charge is 2.11. The number of aryl methyl sites for hydroxylation is 1. The van der Waals surface area contributed by atoms with Crippen LogP contribution >= 0.6 is 27.3 Å². The molecule has 0 fully saturated rings. The minimum atomic E-state index is 0.0317. The maximum absolute atomic E-state index is 6.40. The molecule has 2 N–H and O–H groups in total. The van der Waals surface area contributed by atoms with E-state index in [1.54, 1.807) is 11.3 Å². The minimum Gasteiger partial charge on any atom is -0.324 e. The number of rotatable bonds is 3. The number of nitrogens with two attached hydrogens (primary N) is 1. The van der Waals surface area contributed by atoms with Crippen LogP contribution in [0.3, 0.4) is 0 Å². The number of halogens is 1. The van der Waals surface area contributed by atoms with Crippen molar-refractivity contribution in [1.82, 2.24) is 0 Å². The molecule has 1 atom stereocenters. The van der Waals surface area contributed by atoms with Crippen molar-refractivity contribution in [1.29, 1.82) is 0 Å². The van der Waals surface area contributed by atoms with Crippen molar-refractivity contribution in [2.45, 2.75) is 19.4 Å². The first-order chi connectivity index (χ1) is 9.63. The number of hydrogen-bond acceptors (Lipinski definition) is 2. The van der Waals surface area contributed by atoms with E-state index in [1.807, 2.05) is 0 Å². The Bertz CT molecular complexity index is 727. The molecule has 0 amide bonds. The molecule has 0 saturated heterocycles. The van der Waals surface area contributed by atoms with Crippen LogP contribution in [-0.2, 0) is 6.42 Å². The Balaban J connectivity index is 1.90. The average molecular weight is 346 g/mol. The van der Waals surface area contributed by atoms with Gasteiger partial charge in [0.15, 0.2) is 0 Å². The largest absolute Gasteiger partial charge is 0.324 e. The van der Waals surface area contributed by atoms with Crippen LogP contribution in [0.2, 0.25) is 0 Å². The first-order valence-electron chi connectivity index (χ1n) is 6.61. The first-order valence-corrected chi connectivity index (χ1v) is 8.28. The molecule has 0 aliphatic rings. The van der Waals surface area contributed by atoms with E-state index in [1.165, 1.54) is 26.8 Å². The van der Waals surface area contributed by atoms with Gasteiger partial charge in [-0.3, -0.25) is 0 Å². The predicted molar refractivity (Wildman–Crippen MR) is 91.3 cm³/mol. The van der Waals surface area contributed by atoms with Gasteiger partial charge in [0.1, 0.15) is 0 Å². The van der Waals surface area contributed by atoms with Crippen LogP contribution in [0, 0.1) is 6.92 Å². The first kappa shape index (κ1) is 13.8. The Morgan fingerprint density at radius 3 is 2.80 bits per heavy atom. The van der Waals surface area contributed by atoms with E-state index in [-0.39, 0.29) is 6.04 Å². The van der Waals surface area contributed by atoms with Crippen molar-refractivity contribution in [2.75, 3.05) is 0 Å². The van der Waals surface area contributed by atoms with E-state index < -0.39 is 0 Å². The van der Waals surface area contributed by atoms with Crippen molar-refractivity contribution in [3.8, 4) is 0 Å². The lowest BCUT2D eigenvalue weighted by Crippen LogP contribution is -2.13. The van der Waals surface area contributed by atoms with Gasteiger partial charge in [-0.15, -0.1) is 11.3 Å². The molecular weight excluding hydrogens is 330 g/mol. The number of hydrogen-bond donors (Lipinski definition) is 1. The van der Waals surface area contributed by atoms with E-state index in [2.05, 4.69) is 70.7 Å². The summed E-state index contributed by atoms with van der Waals surface area (Å²) >= 11 is 5.34. The van der Waals surface area contributed by atoms with Crippen LogP contribution in [0.4, 0.5) is 0 Å². The highest BCUT2D eigenvalue weighted by molar-refractivity contribution is 9.10. The van der Waals surface area contributed by atoms with Gasteiger partial charge in [-0.1, -0.05) is 40.2 Å². The molecule has 0 radical (unpaired) electrons. The summed E-state index contributed by atoms with van der Waals surface area (Å²) in [6.07, 6.45) is 0.875. The summed E-state index contributed by atoms with van der Waals surface area (Å²) < 4.78 is 2.43. The van der Waals surface area contributed by atoms with Crippen molar-refractivity contribution in [3.63, 3.8) is 0 Å². The van der Waals surface area contributed by atoms with Crippen LogP contribution in [0.1, 0.15) is 22.7 Å². The summed E-state index contributed by atoms with van der Waals surface area (Å²) in [5.74, 6) is 0. The smallest absolute Gasteiger partial charge is 0.0345 e. The summed E-state index contributed by atoms with van der Waals surface area (Å²) in [6, 6.07) is 14.9. The third kappa shape index (κ3) is 2.80. The fourth-order valence-electron chi connectivity index (χ4n) is 2.52. The SMILES string of the molecule is Cc1cc(Br)cc(C(N)Cc2csc3ccccc23)c1. The zero-order valence-corrected chi connectivity index (χ0v) is 13.7. The van der Waals surface area contributed by atoms with Gasteiger partial charge in [-0.25, -0.2) is 0 Å². The standard InChI is InChI=1S/C17H16BrNS/c1-11-6-12(8-14(18)7-11)16(19)9-13-10-20-17-5-3-2-4-15(13)17/h2-8,10,16H,9,19H2,1H3. The van der Waals surface area contributed by atoms with E-state index in [9.17, 15) is 0 Å². The highest BCUT2D eigenvalue weighted by atomic mass is 79.9. The van der Waals surface area contributed by atoms with Crippen molar-refractivity contribution in [2.24, 2.45) is 5.73 Å². The summed E-state index contributed by atoms with van der Waals surface area (Å²) in [6.45, 7) is 2.10. The van der Waals surface area contributed by atoms with Crippen molar-refractivity contribution in [3.05, 3.63) is 69.0 Å². The Morgan fingerprint density at radius 1 is 1.20 bits per heavy atom. The number of thiophene rings is 1. The molecule has 3 rings (SSSR count). The molecule has 0 aliphatic carbocycles. The summed E-state index contributed by atoms with van der Waals surface area (Å²) in [5, 5.41) is 3.56. The molecule has 102 valence electrons. The molecular formula is C17H16BrNS. The van der Waals surface area contributed by atoms with E-state index in [0.717, 1.165) is 10.9 Å². The predicted octanol–water partition coefficient (Wildman–Crippen LogP) is 5.21. The molecule has 20 heavy (non-hydrogen) atoms. The molecule has 1 nitrogen and oxygen atoms in total. The second-order valence-corrected chi connectivity index (χ2v) is 6.96. The van der Waals surface area contributed by atoms with E-state index in [0.29, 0.717) is 0 Å². The van der Waals surface area contributed by atoms with Crippen LogP contribution in [0.15, 0.2) is 52.3 Å². The van der Waals surface area contributed by atoms with Gasteiger partial charge < -0.3 is 5.73 Å². The molecule has 1 unspecified atom stereocenters. The summed E-state index contributed by atoms with van der Waals surface area (Å²) in [7, 11) is 0. The van der Waals surface area contributed by atoms with Crippen LogP contribution in [-0.4, -0.2) is 0 Å².